The van der Waals surface area contributed by atoms with Gasteiger partial charge in [0.25, 0.3) is 0 Å². The van der Waals surface area contributed by atoms with E-state index in [1.165, 1.54) is 0 Å². The van der Waals surface area contributed by atoms with Crippen LogP contribution in [-0.2, 0) is 0 Å². The largest absolute Gasteiger partial charge is 0.497 e. The molecule has 0 aromatic heterocycles. The number of ether oxygens (including phenoxy) is 1. The van der Waals surface area contributed by atoms with Crippen LogP contribution in [-0.4, -0.2) is 13.2 Å². The number of allylic oxidation sites excluding steroid dienone is 1. The number of rotatable bonds is 6. The monoisotopic (exact) mass is 205 g/mol. The minimum Gasteiger partial charge on any atom is -0.497 e. The maximum Gasteiger partial charge on any atom is 0.119 e. The summed E-state index contributed by atoms with van der Waals surface area (Å²) in [5.74, 6) is 0.888. The highest BCUT2D eigenvalue weighted by Gasteiger charge is 2.00. The van der Waals surface area contributed by atoms with Crippen molar-refractivity contribution in [1.82, 2.24) is 0 Å². The van der Waals surface area contributed by atoms with Gasteiger partial charge in [0.05, 0.1) is 7.11 Å². The minimum absolute atomic E-state index is 0.469. The average Bonchev–Trinajstić information content (AvgIpc) is 2.27. The first kappa shape index (κ1) is 11.6. The molecule has 0 radical (unpaired) electrons. The Morgan fingerprint density at radius 2 is 2.07 bits per heavy atom. The van der Waals surface area contributed by atoms with Crippen molar-refractivity contribution in [3.63, 3.8) is 0 Å². The lowest BCUT2D eigenvalue weighted by molar-refractivity contribution is 0.415. The molecule has 0 aliphatic heterocycles. The standard InChI is InChI=1S/C13H19NO/c1-4-5-6-11(2)14-12-7-9-13(15-3)10-8-12/h4,7-11,14H,1,5-6H2,2-3H3. The number of methoxy groups -OCH3 is 1. The van der Waals surface area contributed by atoms with Gasteiger partial charge in [-0.3, -0.25) is 0 Å². The van der Waals surface area contributed by atoms with Gasteiger partial charge in [-0.2, -0.15) is 0 Å². The topological polar surface area (TPSA) is 21.3 Å². The highest BCUT2D eigenvalue weighted by atomic mass is 16.5. The third kappa shape index (κ3) is 4.07. The summed E-state index contributed by atoms with van der Waals surface area (Å²) >= 11 is 0. The van der Waals surface area contributed by atoms with Crippen LogP contribution in [0.4, 0.5) is 5.69 Å². The average molecular weight is 205 g/mol. The van der Waals surface area contributed by atoms with Crippen molar-refractivity contribution in [3.8, 4) is 5.75 Å². The molecule has 1 aromatic rings. The van der Waals surface area contributed by atoms with Gasteiger partial charge in [-0.05, 0) is 44.0 Å². The van der Waals surface area contributed by atoms with Crippen LogP contribution in [0.5, 0.6) is 5.75 Å². The predicted molar refractivity (Wildman–Crippen MR) is 65.5 cm³/mol. The smallest absolute Gasteiger partial charge is 0.119 e. The lowest BCUT2D eigenvalue weighted by Crippen LogP contribution is -2.14. The summed E-state index contributed by atoms with van der Waals surface area (Å²) in [5, 5.41) is 3.42. The van der Waals surface area contributed by atoms with Crippen LogP contribution in [0.2, 0.25) is 0 Å². The van der Waals surface area contributed by atoms with Crippen LogP contribution in [0, 0.1) is 0 Å². The van der Waals surface area contributed by atoms with Crippen LogP contribution in [0.15, 0.2) is 36.9 Å². The van der Waals surface area contributed by atoms with Gasteiger partial charge < -0.3 is 10.1 Å². The van der Waals surface area contributed by atoms with Crippen molar-refractivity contribution in [2.75, 3.05) is 12.4 Å². The second-order valence-corrected chi connectivity index (χ2v) is 3.64. The van der Waals surface area contributed by atoms with Gasteiger partial charge in [0.2, 0.25) is 0 Å². The van der Waals surface area contributed by atoms with Gasteiger partial charge in [0.1, 0.15) is 5.75 Å². The molecule has 0 amide bonds. The van der Waals surface area contributed by atoms with Gasteiger partial charge >= 0.3 is 0 Å². The summed E-state index contributed by atoms with van der Waals surface area (Å²) < 4.78 is 5.10. The fraction of sp³-hybridized carbons (Fsp3) is 0.385. The molecule has 0 bridgehead atoms. The Bertz CT molecular complexity index is 292. The van der Waals surface area contributed by atoms with Gasteiger partial charge in [-0.25, -0.2) is 0 Å². The lowest BCUT2D eigenvalue weighted by Gasteiger charge is -2.14. The van der Waals surface area contributed by atoms with E-state index in [0.29, 0.717) is 6.04 Å². The predicted octanol–water partition coefficient (Wildman–Crippen LogP) is 3.46. The molecule has 1 N–H and O–H groups in total. The number of benzene rings is 1. The Kier molecular flexibility index (Phi) is 4.75. The van der Waals surface area contributed by atoms with E-state index in [0.717, 1.165) is 24.3 Å². The maximum absolute atomic E-state index is 5.10. The Hall–Kier alpha value is -1.44. The number of nitrogens with one attached hydrogen (secondary N) is 1. The van der Waals surface area contributed by atoms with Gasteiger partial charge in [0.15, 0.2) is 0 Å². The van der Waals surface area contributed by atoms with Gasteiger partial charge in [-0.15, -0.1) is 6.58 Å². The van der Waals surface area contributed by atoms with Crippen molar-refractivity contribution < 1.29 is 4.74 Å². The quantitative estimate of drug-likeness (QED) is 0.718. The molecule has 0 fully saturated rings. The molecule has 2 nitrogen and oxygen atoms in total. The van der Waals surface area contributed by atoms with E-state index in [1.54, 1.807) is 7.11 Å². The lowest BCUT2D eigenvalue weighted by atomic mass is 10.1. The van der Waals surface area contributed by atoms with Gasteiger partial charge in [-0.1, -0.05) is 6.08 Å². The molecule has 0 saturated heterocycles. The van der Waals surface area contributed by atoms with E-state index in [-0.39, 0.29) is 0 Å². The van der Waals surface area contributed by atoms with Crippen molar-refractivity contribution >= 4 is 5.69 Å². The highest BCUT2D eigenvalue weighted by Crippen LogP contribution is 2.16. The molecular formula is C13H19NO. The van der Waals surface area contributed by atoms with E-state index >= 15 is 0 Å². The van der Waals surface area contributed by atoms with E-state index < -0.39 is 0 Å². The summed E-state index contributed by atoms with van der Waals surface area (Å²) in [5.41, 5.74) is 1.13. The second kappa shape index (κ2) is 6.12. The fourth-order valence-corrected chi connectivity index (χ4v) is 1.41. The van der Waals surface area contributed by atoms with Crippen LogP contribution < -0.4 is 10.1 Å². The molecule has 15 heavy (non-hydrogen) atoms. The molecule has 0 aliphatic carbocycles. The molecule has 1 atom stereocenters. The Labute approximate surface area is 92.0 Å². The Morgan fingerprint density at radius 3 is 2.60 bits per heavy atom. The Balaban J connectivity index is 2.45. The molecule has 2 heteroatoms. The van der Waals surface area contributed by atoms with Crippen molar-refractivity contribution in [3.05, 3.63) is 36.9 Å². The van der Waals surface area contributed by atoms with Crippen LogP contribution in [0.3, 0.4) is 0 Å². The molecule has 0 aliphatic rings. The zero-order valence-electron chi connectivity index (χ0n) is 9.49. The second-order valence-electron chi connectivity index (χ2n) is 3.64. The van der Waals surface area contributed by atoms with E-state index in [4.69, 9.17) is 4.74 Å². The SMILES string of the molecule is C=CCCC(C)Nc1ccc(OC)cc1. The molecule has 82 valence electrons. The number of anilines is 1. The zero-order chi connectivity index (χ0) is 11.1. The molecule has 0 saturated carbocycles. The van der Waals surface area contributed by atoms with Crippen LogP contribution >= 0.6 is 0 Å². The molecular weight excluding hydrogens is 186 g/mol. The maximum atomic E-state index is 5.10. The summed E-state index contributed by atoms with van der Waals surface area (Å²) in [6, 6.07) is 8.45. The summed E-state index contributed by atoms with van der Waals surface area (Å²) in [7, 11) is 1.68. The zero-order valence-corrected chi connectivity index (χ0v) is 9.49. The van der Waals surface area contributed by atoms with Crippen LogP contribution in [0.1, 0.15) is 19.8 Å². The number of hydrogen-bond donors (Lipinski definition) is 1. The first-order valence-electron chi connectivity index (χ1n) is 5.27. The van der Waals surface area contributed by atoms with Crippen molar-refractivity contribution in [2.45, 2.75) is 25.8 Å². The molecule has 1 unspecified atom stereocenters. The van der Waals surface area contributed by atoms with Crippen molar-refractivity contribution in [1.29, 1.82) is 0 Å². The van der Waals surface area contributed by atoms with E-state index in [1.807, 2.05) is 30.3 Å². The first-order valence-corrected chi connectivity index (χ1v) is 5.27. The fourth-order valence-electron chi connectivity index (χ4n) is 1.41. The molecule has 0 heterocycles. The summed E-state index contributed by atoms with van der Waals surface area (Å²) in [6.07, 6.45) is 4.10. The highest BCUT2D eigenvalue weighted by molar-refractivity contribution is 5.46. The van der Waals surface area contributed by atoms with Crippen LogP contribution in [0.25, 0.3) is 0 Å². The van der Waals surface area contributed by atoms with E-state index in [2.05, 4.69) is 18.8 Å². The number of hydrogen-bond acceptors (Lipinski definition) is 2. The molecule has 0 spiro atoms. The molecule has 1 aromatic carbocycles. The summed E-state index contributed by atoms with van der Waals surface area (Å²) in [6.45, 7) is 5.89. The van der Waals surface area contributed by atoms with Crippen molar-refractivity contribution in [2.24, 2.45) is 0 Å². The normalized spacial score (nSPS) is 11.9. The van der Waals surface area contributed by atoms with Gasteiger partial charge in [0, 0.05) is 11.7 Å². The Morgan fingerprint density at radius 1 is 1.40 bits per heavy atom. The first-order chi connectivity index (χ1) is 7.26. The molecule has 1 rings (SSSR count). The third-order valence-corrected chi connectivity index (χ3v) is 2.31. The van der Waals surface area contributed by atoms with E-state index in [9.17, 15) is 0 Å². The summed E-state index contributed by atoms with van der Waals surface area (Å²) in [4.78, 5) is 0. The minimum atomic E-state index is 0.469. The third-order valence-electron chi connectivity index (χ3n) is 2.31.